The smallest absolute Gasteiger partial charge is 0.256 e. The zero-order chi connectivity index (χ0) is 19.3. The lowest BCUT2D eigenvalue weighted by Gasteiger charge is -2.46. The summed E-state index contributed by atoms with van der Waals surface area (Å²) in [5.74, 6) is -1.03. The molecule has 1 amide bonds. The molecule has 7 nitrogen and oxygen atoms in total. The summed E-state index contributed by atoms with van der Waals surface area (Å²) in [5.41, 5.74) is 0.424. The first-order valence-corrected chi connectivity index (χ1v) is 10.2. The summed E-state index contributed by atoms with van der Waals surface area (Å²) in [4.78, 5) is 23.9. The number of carbonyl (C=O) groups excluding carboxylic acids is 1. The first-order chi connectivity index (χ1) is 13.6. The van der Waals surface area contributed by atoms with Crippen LogP contribution in [0.4, 0.5) is 4.39 Å². The van der Waals surface area contributed by atoms with Gasteiger partial charge in [-0.05, 0) is 32.0 Å². The third kappa shape index (κ3) is 2.81. The number of hydrogen-bond donors (Lipinski definition) is 1. The van der Waals surface area contributed by atoms with Crippen LogP contribution in [0, 0.1) is 5.95 Å². The molecule has 2 fully saturated rings. The van der Waals surface area contributed by atoms with Gasteiger partial charge in [0, 0.05) is 41.3 Å². The molecule has 146 valence electrons. The number of aromatic nitrogens is 3. The highest BCUT2D eigenvalue weighted by molar-refractivity contribution is 7.12. The first-order valence-electron chi connectivity index (χ1n) is 9.29. The summed E-state index contributed by atoms with van der Waals surface area (Å²) >= 11 is 1.30. The quantitative estimate of drug-likeness (QED) is 0.729. The van der Waals surface area contributed by atoms with Crippen molar-refractivity contribution < 1.29 is 13.9 Å². The van der Waals surface area contributed by atoms with E-state index in [-0.39, 0.29) is 23.7 Å². The molecule has 2 unspecified atom stereocenters. The molecule has 0 aromatic carbocycles. The standard InChI is InChI=1S/C19H20FN5O2S/c1-24-12-7-11(8-13(24)10-27-9-12)23-18(26)15-14-3-2-4-21-17(14)25(16(15)20)19-22-5-6-28-19/h2-6,11-13H,7-10H2,1H3,(H,23,26). The van der Waals surface area contributed by atoms with Gasteiger partial charge in [-0.1, -0.05) is 0 Å². The van der Waals surface area contributed by atoms with Crippen molar-refractivity contribution in [1.82, 2.24) is 24.8 Å². The summed E-state index contributed by atoms with van der Waals surface area (Å²) in [7, 11) is 2.10. The van der Waals surface area contributed by atoms with Crippen LogP contribution in [0.15, 0.2) is 29.9 Å². The molecule has 3 aromatic heterocycles. The molecule has 2 bridgehead atoms. The second-order valence-corrected chi connectivity index (χ2v) is 8.22. The van der Waals surface area contributed by atoms with E-state index in [1.807, 2.05) is 0 Å². The maximum atomic E-state index is 15.3. The Morgan fingerprint density at radius 3 is 2.79 bits per heavy atom. The summed E-state index contributed by atoms with van der Waals surface area (Å²) in [6.07, 6.45) is 4.78. The van der Waals surface area contributed by atoms with Crippen LogP contribution in [0.3, 0.4) is 0 Å². The van der Waals surface area contributed by atoms with Gasteiger partial charge in [-0.25, -0.2) is 14.5 Å². The Kier molecular flexibility index (Phi) is 4.37. The third-order valence-electron chi connectivity index (χ3n) is 5.73. The number of nitrogens with one attached hydrogen (secondary N) is 1. The van der Waals surface area contributed by atoms with Crippen molar-refractivity contribution in [2.75, 3.05) is 20.3 Å². The molecule has 2 saturated heterocycles. The molecule has 0 radical (unpaired) electrons. The molecule has 1 N–H and O–H groups in total. The molecule has 5 rings (SSSR count). The Labute approximate surface area is 165 Å². The number of amides is 1. The molecule has 3 aromatic rings. The Balaban J connectivity index is 1.48. The SMILES string of the molecule is CN1C2COCC1CC(NC(=O)c1c(F)n(-c3nccs3)c3ncccc13)C2. The van der Waals surface area contributed by atoms with Gasteiger partial charge >= 0.3 is 0 Å². The molecule has 5 heterocycles. The third-order valence-corrected chi connectivity index (χ3v) is 6.49. The zero-order valence-corrected chi connectivity index (χ0v) is 16.2. The first kappa shape index (κ1) is 17.7. The summed E-state index contributed by atoms with van der Waals surface area (Å²) in [5, 5.41) is 5.76. The lowest BCUT2D eigenvalue weighted by atomic mass is 9.90. The molecule has 0 aliphatic carbocycles. The summed E-state index contributed by atoms with van der Waals surface area (Å²) in [6.45, 7) is 1.34. The van der Waals surface area contributed by atoms with Gasteiger partial charge in [0.2, 0.25) is 5.95 Å². The normalized spacial score (nSPS) is 25.1. The van der Waals surface area contributed by atoms with Crippen LogP contribution in [-0.4, -0.2) is 63.7 Å². The van der Waals surface area contributed by atoms with Crippen LogP contribution < -0.4 is 5.32 Å². The number of hydrogen-bond acceptors (Lipinski definition) is 6. The number of ether oxygens (including phenoxy) is 1. The lowest BCUT2D eigenvalue weighted by Crippen LogP contribution is -2.59. The van der Waals surface area contributed by atoms with Gasteiger partial charge < -0.3 is 10.1 Å². The van der Waals surface area contributed by atoms with Crippen molar-refractivity contribution in [3.63, 3.8) is 0 Å². The molecule has 0 saturated carbocycles. The number of nitrogens with zero attached hydrogens (tertiary/aromatic N) is 4. The van der Waals surface area contributed by atoms with Crippen LogP contribution >= 0.6 is 11.3 Å². The number of rotatable bonds is 3. The maximum absolute atomic E-state index is 15.3. The predicted octanol–water partition coefficient (Wildman–Crippen LogP) is 2.21. The van der Waals surface area contributed by atoms with Gasteiger partial charge in [0.15, 0.2) is 5.13 Å². The van der Waals surface area contributed by atoms with Gasteiger partial charge in [-0.2, -0.15) is 4.39 Å². The van der Waals surface area contributed by atoms with E-state index in [0.29, 0.717) is 29.4 Å². The van der Waals surface area contributed by atoms with Gasteiger partial charge in [0.1, 0.15) is 11.2 Å². The van der Waals surface area contributed by atoms with Crippen molar-refractivity contribution in [1.29, 1.82) is 0 Å². The van der Waals surface area contributed by atoms with Crippen LogP contribution in [0.5, 0.6) is 0 Å². The molecule has 0 spiro atoms. The minimum absolute atomic E-state index is 0.00284. The number of thiazole rings is 1. The van der Waals surface area contributed by atoms with E-state index in [1.165, 1.54) is 15.9 Å². The lowest BCUT2D eigenvalue weighted by molar-refractivity contribution is -0.0670. The average molecular weight is 401 g/mol. The minimum atomic E-state index is -0.627. The fourth-order valence-electron chi connectivity index (χ4n) is 4.27. The van der Waals surface area contributed by atoms with Crippen molar-refractivity contribution >= 4 is 28.3 Å². The van der Waals surface area contributed by atoms with Gasteiger partial charge in [-0.15, -0.1) is 11.3 Å². The van der Waals surface area contributed by atoms with E-state index < -0.39 is 11.9 Å². The molecular formula is C19H20FN5O2S. The number of fused-ring (bicyclic) bond motifs is 3. The predicted molar refractivity (Wildman–Crippen MR) is 103 cm³/mol. The second kappa shape index (κ2) is 6.91. The molecule has 2 atom stereocenters. The van der Waals surface area contributed by atoms with Gasteiger partial charge in [-0.3, -0.25) is 9.69 Å². The van der Waals surface area contributed by atoms with E-state index in [1.54, 1.807) is 29.9 Å². The number of halogens is 1. The molecular weight excluding hydrogens is 381 g/mol. The number of carbonyl (C=O) groups is 1. The highest BCUT2D eigenvalue weighted by atomic mass is 32.1. The fraction of sp³-hybridized carbons (Fsp3) is 0.421. The maximum Gasteiger partial charge on any atom is 0.256 e. The van der Waals surface area contributed by atoms with Crippen molar-refractivity contribution in [2.24, 2.45) is 0 Å². The number of pyridine rings is 1. The van der Waals surface area contributed by atoms with E-state index in [0.717, 1.165) is 12.8 Å². The van der Waals surface area contributed by atoms with Gasteiger partial charge in [0.05, 0.1) is 13.2 Å². The highest BCUT2D eigenvalue weighted by Gasteiger charge is 2.38. The topological polar surface area (TPSA) is 72.3 Å². The summed E-state index contributed by atoms with van der Waals surface area (Å²) in [6, 6.07) is 3.99. The van der Waals surface area contributed by atoms with Gasteiger partial charge in [0.25, 0.3) is 5.91 Å². The van der Waals surface area contributed by atoms with Crippen LogP contribution in [0.25, 0.3) is 16.2 Å². The van der Waals surface area contributed by atoms with Crippen LogP contribution in [0.1, 0.15) is 23.2 Å². The highest BCUT2D eigenvalue weighted by Crippen LogP contribution is 2.30. The fourth-order valence-corrected chi connectivity index (χ4v) is 4.91. The molecule has 9 heteroatoms. The molecule has 28 heavy (non-hydrogen) atoms. The minimum Gasteiger partial charge on any atom is -0.378 e. The van der Waals surface area contributed by atoms with Crippen LogP contribution in [-0.2, 0) is 4.74 Å². The van der Waals surface area contributed by atoms with Crippen molar-refractivity contribution in [3.05, 3.63) is 41.4 Å². The van der Waals surface area contributed by atoms with Crippen molar-refractivity contribution in [2.45, 2.75) is 31.0 Å². The Hall–Kier alpha value is -2.36. The number of piperidine rings is 1. The molecule has 2 aliphatic heterocycles. The zero-order valence-electron chi connectivity index (χ0n) is 15.3. The number of likely N-dealkylation sites (N-methyl/N-ethyl adjacent to an activating group) is 1. The largest absolute Gasteiger partial charge is 0.378 e. The molecule has 2 aliphatic rings. The van der Waals surface area contributed by atoms with Crippen LogP contribution in [0.2, 0.25) is 0 Å². The van der Waals surface area contributed by atoms with E-state index in [9.17, 15) is 4.79 Å². The summed E-state index contributed by atoms with van der Waals surface area (Å²) < 4.78 is 22.3. The Morgan fingerprint density at radius 2 is 2.07 bits per heavy atom. The number of morpholine rings is 1. The monoisotopic (exact) mass is 401 g/mol. The van der Waals surface area contributed by atoms with E-state index in [2.05, 4.69) is 27.2 Å². The Morgan fingerprint density at radius 1 is 1.29 bits per heavy atom. The van der Waals surface area contributed by atoms with E-state index in [4.69, 9.17) is 4.74 Å². The second-order valence-electron chi connectivity index (χ2n) is 7.34. The average Bonchev–Trinajstić information content (AvgIpc) is 3.27. The van der Waals surface area contributed by atoms with Crippen molar-refractivity contribution in [3.8, 4) is 5.13 Å². The Bertz CT molecular complexity index is 1010. The van der Waals surface area contributed by atoms with E-state index >= 15 is 4.39 Å².